The molecule has 1 N–H and O–H groups in total. The van der Waals surface area contributed by atoms with Gasteiger partial charge in [0.25, 0.3) is 15.9 Å². The number of thiophene rings is 1. The molecule has 1 fully saturated rings. The van der Waals surface area contributed by atoms with Crippen LogP contribution in [-0.2, 0) is 10.0 Å². The van der Waals surface area contributed by atoms with Crippen LogP contribution in [-0.4, -0.2) is 26.9 Å². The molecule has 1 aromatic heterocycles. The number of anilines is 1. The lowest BCUT2D eigenvalue weighted by Crippen LogP contribution is -2.41. The van der Waals surface area contributed by atoms with Crippen LogP contribution in [0, 0.1) is 12.8 Å². The molecular weight excluding hydrogens is 392 g/mol. The SMILES string of the molecule is CCN(c1ccsc1C(=O)N[C@H]1CCCC[C@@H]1C)S(=O)(=O)c1ccc(C)cc1. The van der Waals surface area contributed by atoms with Gasteiger partial charge in [-0.1, -0.05) is 37.5 Å². The Hall–Kier alpha value is -1.86. The minimum atomic E-state index is -3.73. The van der Waals surface area contributed by atoms with Crippen LogP contribution in [0.25, 0.3) is 0 Å². The summed E-state index contributed by atoms with van der Waals surface area (Å²) in [7, 11) is -3.73. The van der Waals surface area contributed by atoms with E-state index in [2.05, 4.69) is 12.2 Å². The summed E-state index contributed by atoms with van der Waals surface area (Å²) in [6.45, 7) is 6.13. The molecule has 1 aliphatic rings. The summed E-state index contributed by atoms with van der Waals surface area (Å²) in [6.07, 6.45) is 4.42. The highest BCUT2D eigenvalue weighted by atomic mass is 32.2. The highest BCUT2D eigenvalue weighted by molar-refractivity contribution is 7.92. The molecule has 2 atom stereocenters. The van der Waals surface area contributed by atoms with Crippen LogP contribution in [0.15, 0.2) is 40.6 Å². The highest BCUT2D eigenvalue weighted by Crippen LogP contribution is 2.32. The molecule has 0 unspecified atom stereocenters. The zero-order valence-electron chi connectivity index (χ0n) is 16.6. The monoisotopic (exact) mass is 420 g/mol. The van der Waals surface area contributed by atoms with Crippen molar-refractivity contribution >= 4 is 33.0 Å². The third-order valence-corrected chi connectivity index (χ3v) is 8.25. The fourth-order valence-corrected chi connectivity index (χ4v) is 6.08. The van der Waals surface area contributed by atoms with Crippen LogP contribution in [0.2, 0.25) is 0 Å². The van der Waals surface area contributed by atoms with Crippen LogP contribution in [0.5, 0.6) is 0 Å². The summed E-state index contributed by atoms with van der Waals surface area (Å²) in [5.74, 6) is 0.265. The summed E-state index contributed by atoms with van der Waals surface area (Å²) in [5.41, 5.74) is 1.45. The van der Waals surface area contributed by atoms with E-state index in [0.29, 0.717) is 16.5 Å². The number of aryl methyl sites for hydroxylation is 1. The Morgan fingerprint density at radius 2 is 1.86 bits per heavy atom. The van der Waals surface area contributed by atoms with Gasteiger partial charge in [0.2, 0.25) is 0 Å². The van der Waals surface area contributed by atoms with E-state index in [1.54, 1.807) is 42.6 Å². The van der Waals surface area contributed by atoms with Gasteiger partial charge < -0.3 is 5.32 Å². The lowest BCUT2D eigenvalue weighted by molar-refractivity contribution is 0.0915. The first-order valence-corrected chi connectivity index (χ1v) is 12.1. The number of carbonyl (C=O) groups excluding carboxylic acids is 1. The number of hydrogen-bond acceptors (Lipinski definition) is 4. The number of hydrogen-bond donors (Lipinski definition) is 1. The molecule has 0 saturated heterocycles. The molecule has 5 nitrogen and oxygen atoms in total. The predicted molar refractivity (Wildman–Crippen MR) is 115 cm³/mol. The largest absolute Gasteiger partial charge is 0.348 e. The molecule has 0 radical (unpaired) electrons. The molecule has 28 heavy (non-hydrogen) atoms. The number of nitrogens with zero attached hydrogens (tertiary/aromatic N) is 1. The second kappa shape index (κ2) is 8.66. The van der Waals surface area contributed by atoms with E-state index in [1.165, 1.54) is 22.1 Å². The zero-order valence-corrected chi connectivity index (χ0v) is 18.3. The first-order valence-electron chi connectivity index (χ1n) is 9.82. The van der Waals surface area contributed by atoms with Crippen molar-refractivity contribution in [1.29, 1.82) is 0 Å². The smallest absolute Gasteiger partial charge is 0.264 e. The average Bonchev–Trinajstić information content (AvgIpc) is 3.14. The standard InChI is InChI=1S/C21H28N2O3S2/c1-4-23(28(25,26)17-11-9-15(2)10-12-17)19-13-14-27-20(19)21(24)22-18-8-6-5-7-16(18)3/h9-14,16,18H,4-8H2,1-3H3,(H,22,24)/t16-,18-/m0/s1. The summed E-state index contributed by atoms with van der Waals surface area (Å²) in [4.78, 5) is 13.6. The molecular formula is C21H28N2O3S2. The minimum Gasteiger partial charge on any atom is -0.348 e. The lowest BCUT2D eigenvalue weighted by Gasteiger charge is -2.30. The molecule has 152 valence electrons. The molecule has 0 aliphatic heterocycles. The maximum Gasteiger partial charge on any atom is 0.264 e. The summed E-state index contributed by atoms with van der Waals surface area (Å²) in [5, 5.41) is 4.92. The number of benzene rings is 1. The Morgan fingerprint density at radius 3 is 2.50 bits per heavy atom. The van der Waals surface area contributed by atoms with Crippen LogP contribution >= 0.6 is 11.3 Å². The van der Waals surface area contributed by atoms with Crippen LogP contribution in [0.1, 0.15) is 54.8 Å². The molecule has 1 saturated carbocycles. The Labute approximate surface area is 171 Å². The van der Waals surface area contributed by atoms with Crippen molar-refractivity contribution in [3.05, 3.63) is 46.2 Å². The molecule has 7 heteroatoms. The zero-order chi connectivity index (χ0) is 20.3. The Balaban J connectivity index is 1.87. The predicted octanol–water partition coefficient (Wildman–Crippen LogP) is 4.58. The van der Waals surface area contributed by atoms with Crippen molar-refractivity contribution < 1.29 is 13.2 Å². The minimum absolute atomic E-state index is 0.153. The van der Waals surface area contributed by atoms with Gasteiger partial charge in [-0.3, -0.25) is 9.10 Å². The molecule has 0 bridgehead atoms. The Kier molecular flexibility index (Phi) is 6.45. The van der Waals surface area contributed by atoms with Gasteiger partial charge in [0.15, 0.2) is 0 Å². The number of carbonyl (C=O) groups is 1. The van der Waals surface area contributed by atoms with Crippen molar-refractivity contribution in [2.45, 2.75) is 57.4 Å². The van der Waals surface area contributed by atoms with Gasteiger partial charge in [-0.15, -0.1) is 11.3 Å². The molecule has 3 rings (SSSR count). The molecule has 0 spiro atoms. The average molecular weight is 421 g/mol. The topological polar surface area (TPSA) is 66.5 Å². The fourth-order valence-electron chi connectivity index (χ4n) is 3.74. The van der Waals surface area contributed by atoms with Crippen molar-refractivity contribution in [3.8, 4) is 0 Å². The molecule has 1 aliphatic carbocycles. The third-order valence-electron chi connectivity index (χ3n) is 5.44. The lowest BCUT2D eigenvalue weighted by atomic mass is 9.86. The summed E-state index contributed by atoms with van der Waals surface area (Å²) >= 11 is 1.29. The number of nitrogens with one attached hydrogen (secondary N) is 1. The van der Waals surface area contributed by atoms with Crippen LogP contribution in [0.4, 0.5) is 5.69 Å². The maximum atomic E-state index is 13.2. The van der Waals surface area contributed by atoms with Gasteiger partial charge in [0.1, 0.15) is 4.88 Å². The summed E-state index contributed by atoms with van der Waals surface area (Å²) < 4.78 is 27.7. The van der Waals surface area contributed by atoms with Gasteiger partial charge in [0.05, 0.1) is 10.6 Å². The first kappa shape index (κ1) is 20.9. The molecule has 2 aromatic rings. The van der Waals surface area contributed by atoms with Crippen LogP contribution in [0.3, 0.4) is 0 Å². The van der Waals surface area contributed by atoms with Gasteiger partial charge in [0, 0.05) is 12.6 Å². The second-order valence-corrected chi connectivity index (χ2v) is 10.2. The van der Waals surface area contributed by atoms with E-state index in [-0.39, 0.29) is 23.4 Å². The third kappa shape index (κ3) is 4.25. The van der Waals surface area contributed by atoms with E-state index >= 15 is 0 Å². The van der Waals surface area contributed by atoms with Gasteiger partial charge in [-0.05, 0) is 56.2 Å². The number of amides is 1. The maximum absolute atomic E-state index is 13.2. The fraction of sp³-hybridized carbons (Fsp3) is 0.476. The van der Waals surface area contributed by atoms with E-state index in [9.17, 15) is 13.2 Å². The summed E-state index contributed by atoms with van der Waals surface area (Å²) in [6, 6.07) is 8.67. The van der Waals surface area contributed by atoms with Crippen molar-refractivity contribution in [1.82, 2.24) is 5.32 Å². The quantitative estimate of drug-likeness (QED) is 0.744. The van der Waals surface area contributed by atoms with E-state index < -0.39 is 10.0 Å². The number of rotatable bonds is 6. The van der Waals surface area contributed by atoms with E-state index in [4.69, 9.17) is 0 Å². The molecule has 1 aromatic carbocycles. The Morgan fingerprint density at radius 1 is 1.18 bits per heavy atom. The molecule has 1 heterocycles. The first-order chi connectivity index (χ1) is 13.3. The van der Waals surface area contributed by atoms with E-state index in [0.717, 1.165) is 24.8 Å². The Bertz CT molecular complexity index is 919. The number of sulfonamides is 1. The van der Waals surface area contributed by atoms with Gasteiger partial charge in [-0.25, -0.2) is 8.42 Å². The second-order valence-electron chi connectivity index (χ2n) is 7.46. The van der Waals surface area contributed by atoms with Gasteiger partial charge >= 0.3 is 0 Å². The van der Waals surface area contributed by atoms with Crippen molar-refractivity contribution in [2.24, 2.45) is 5.92 Å². The highest BCUT2D eigenvalue weighted by Gasteiger charge is 2.30. The normalized spacial score (nSPS) is 20.0. The van der Waals surface area contributed by atoms with Crippen molar-refractivity contribution in [3.63, 3.8) is 0 Å². The van der Waals surface area contributed by atoms with Crippen LogP contribution < -0.4 is 9.62 Å². The molecule has 1 amide bonds. The van der Waals surface area contributed by atoms with Crippen molar-refractivity contribution in [2.75, 3.05) is 10.8 Å². The van der Waals surface area contributed by atoms with E-state index in [1.807, 2.05) is 6.92 Å². The van der Waals surface area contributed by atoms with Gasteiger partial charge in [-0.2, -0.15) is 0 Å².